The van der Waals surface area contributed by atoms with Crippen LogP contribution in [0.4, 0.5) is 0 Å². The van der Waals surface area contributed by atoms with Crippen molar-refractivity contribution >= 4 is 64.4 Å². The summed E-state index contributed by atoms with van der Waals surface area (Å²) in [5, 5.41) is 8.49. The van der Waals surface area contributed by atoms with Gasteiger partial charge in [0.1, 0.15) is 0 Å². The summed E-state index contributed by atoms with van der Waals surface area (Å²) in [5.74, 6) is 1.31. The third kappa shape index (κ3) is 3.86. The molecule has 0 N–H and O–H groups in total. The highest BCUT2D eigenvalue weighted by Crippen LogP contribution is 2.42. The lowest BCUT2D eigenvalue weighted by Gasteiger charge is -2.07. The van der Waals surface area contributed by atoms with Crippen LogP contribution in [-0.2, 0) is 0 Å². The molecular formula is C30H34S2. The molecule has 0 amide bonds. The molecule has 166 valence electrons. The third-order valence-corrected chi connectivity index (χ3v) is 9.85. The maximum Gasteiger partial charge on any atom is 0.0352 e. The van der Waals surface area contributed by atoms with E-state index in [0.717, 1.165) is 0 Å². The molecule has 2 aromatic heterocycles. The first-order chi connectivity index (χ1) is 15.6. The summed E-state index contributed by atoms with van der Waals surface area (Å²) < 4.78 is 2.86. The van der Waals surface area contributed by atoms with Crippen molar-refractivity contribution in [2.24, 2.45) is 0 Å². The maximum atomic E-state index is 2.48. The maximum absolute atomic E-state index is 2.48. The molecule has 0 fully saturated rings. The normalized spacial score (nSPS) is 14.1. The lowest BCUT2D eigenvalue weighted by atomic mass is 9.96. The van der Waals surface area contributed by atoms with Crippen LogP contribution in [0.1, 0.15) is 87.8 Å². The molecule has 5 rings (SSSR count). The molecule has 0 saturated heterocycles. The minimum Gasteiger partial charge on any atom is -0.140 e. The zero-order chi connectivity index (χ0) is 22.2. The van der Waals surface area contributed by atoms with Gasteiger partial charge in [-0.25, -0.2) is 0 Å². The van der Waals surface area contributed by atoms with Gasteiger partial charge >= 0.3 is 0 Å². The zero-order valence-corrected chi connectivity index (χ0v) is 21.5. The molecule has 0 saturated carbocycles. The standard InChI is InChI=1S/C30H34S2/c1-5-7-9-19(3)29-17-25-23-11-12-24-22(21(23)13-15-27(25)31-29)14-16-28-26(24)18-30(32-28)20(4)10-8-6-2/h11-20H,5-10H2,1-4H3. The van der Waals surface area contributed by atoms with Crippen LogP contribution in [0.5, 0.6) is 0 Å². The van der Waals surface area contributed by atoms with Gasteiger partial charge in [0.05, 0.1) is 0 Å². The molecule has 2 unspecified atom stereocenters. The van der Waals surface area contributed by atoms with Crippen LogP contribution in [0.25, 0.3) is 41.7 Å². The van der Waals surface area contributed by atoms with Crippen LogP contribution in [0.15, 0.2) is 48.5 Å². The highest BCUT2D eigenvalue weighted by Gasteiger charge is 2.15. The van der Waals surface area contributed by atoms with Crippen molar-refractivity contribution in [2.45, 2.75) is 78.1 Å². The zero-order valence-electron chi connectivity index (χ0n) is 19.8. The SMILES string of the molecule is CCCCC(C)c1cc2c(ccc3c2ccc2c4cc(C(C)CCCC)sc4ccc23)s1. The molecule has 0 bridgehead atoms. The van der Waals surface area contributed by atoms with Crippen molar-refractivity contribution in [2.75, 3.05) is 0 Å². The average molecular weight is 459 g/mol. The highest BCUT2D eigenvalue weighted by molar-refractivity contribution is 7.19. The molecule has 3 aromatic carbocycles. The Bertz CT molecular complexity index is 1280. The van der Waals surface area contributed by atoms with E-state index in [1.807, 2.05) is 22.7 Å². The van der Waals surface area contributed by atoms with E-state index < -0.39 is 0 Å². The summed E-state index contributed by atoms with van der Waals surface area (Å²) in [7, 11) is 0. The van der Waals surface area contributed by atoms with E-state index in [-0.39, 0.29) is 0 Å². The van der Waals surface area contributed by atoms with Gasteiger partial charge in [-0.3, -0.25) is 0 Å². The molecule has 2 atom stereocenters. The van der Waals surface area contributed by atoms with E-state index in [0.29, 0.717) is 11.8 Å². The Morgan fingerprint density at radius 1 is 0.562 bits per heavy atom. The second-order valence-electron chi connectivity index (χ2n) is 9.59. The Labute approximate surface area is 200 Å². The Kier molecular flexibility index (Phi) is 6.27. The molecule has 0 radical (unpaired) electrons. The molecule has 32 heavy (non-hydrogen) atoms. The van der Waals surface area contributed by atoms with Gasteiger partial charge in [0.2, 0.25) is 0 Å². The number of unbranched alkanes of at least 4 members (excludes halogenated alkanes) is 2. The van der Waals surface area contributed by atoms with Crippen LogP contribution in [0, 0.1) is 0 Å². The molecule has 5 aromatic rings. The Balaban J connectivity index is 1.62. The molecule has 0 aliphatic heterocycles. The van der Waals surface area contributed by atoms with E-state index in [1.54, 1.807) is 9.75 Å². The summed E-state index contributed by atoms with van der Waals surface area (Å²) >= 11 is 3.99. The molecular weight excluding hydrogens is 424 g/mol. The van der Waals surface area contributed by atoms with E-state index in [9.17, 15) is 0 Å². The summed E-state index contributed by atoms with van der Waals surface area (Å²) in [4.78, 5) is 3.08. The highest BCUT2D eigenvalue weighted by atomic mass is 32.1. The Morgan fingerprint density at radius 3 is 1.34 bits per heavy atom. The predicted molar refractivity (Wildman–Crippen MR) is 148 cm³/mol. The lowest BCUT2D eigenvalue weighted by molar-refractivity contribution is 0.632. The number of fused-ring (bicyclic) bond motifs is 7. The van der Waals surface area contributed by atoms with Gasteiger partial charge in [0.15, 0.2) is 0 Å². The van der Waals surface area contributed by atoms with Gasteiger partial charge in [0.25, 0.3) is 0 Å². The number of thiophene rings is 2. The quantitative estimate of drug-likeness (QED) is 0.203. The van der Waals surface area contributed by atoms with Crippen LogP contribution < -0.4 is 0 Å². The summed E-state index contributed by atoms with van der Waals surface area (Å²) in [6.45, 7) is 9.36. The van der Waals surface area contributed by atoms with Crippen molar-refractivity contribution in [1.29, 1.82) is 0 Å². The van der Waals surface area contributed by atoms with E-state index in [2.05, 4.69) is 76.2 Å². The summed E-state index contributed by atoms with van der Waals surface area (Å²) in [6.07, 6.45) is 7.77. The van der Waals surface area contributed by atoms with Crippen molar-refractivity contribution in [3.63, 3.8) is 0 Å². The monoisotopic (exact) mass is 458 g/mol. The number of benzene rings is 3. The number of hydrogen-bond donors (Lipinski definition) is 0. The molecule has 0 aliphatic carbocycles. The van der Waals surface area contributed by atoms with Gasteiger partial charge in [-0.15, -0.1) is 22.7 Å². The van der Waals surface area contributed by atoms with Gasteiger partial charge in [-0.05, 0) is 70.5 Å². The van der Waals surface area contributed by atoms with Gasteiger partial charge in [-0.1, -0.05) is 77.6 Å². The summed E-state index contributed by atoms with van der Waals surface area (Å²) in [6, 6.07) is 19.1. The largest absolute Gasteiger partial charge is 0.140 e. The fraction of sp³-hybridized carbons (Fsp3) is 0.400. The second-order valence-corrected chi connectivity index (χ2v) is 11.8. The first kappa shape index (κ1) is 21.9. The topological polar surface area (TPSA) is 0 Å². The molecule has 0 aliphatic rings. The second kappa shape index (κ2) is 9.15. The van der Waals surface area contributed by atoms with E-state index in [4.69, 9.17) is 0 Å². The fourth-order valence-corrected chi connectivity index (χ4v) is 7.42. The minimum atomic E-state index is 0.654. The van der Waals surface area contributed by atoms with Gasteiger partial charge in [0, 0.05) is 29.9 Å². The molecule has 2 heteroatoms. The first-order valence-electron chi connectivity index (χ1n) is 12.4. The Hall–Kier alpha value is -1.90. The smallest absolute Gasteiger partial charge is 0.0352 e. The number of rotatable bonds is 8. The van der Waals surface area contributed by atoms with Crippen LogP contribution in [0.2, 0.25) is 0 Å². The molecule has 2 heterocycles. The van der Waals surface area contributed by atoms with Crippen molar-refractivity contribution in [1.82, 2.24) is 0 Å². The molecule has 0 spiro atoms. The van der Waals surface area contributed by atoms with Gasteiger partial charge in [-0.2, -0.15) is 0 Å². The van der Waals surface area contributed by atoms with Crippen molar-refractivity contribution < 1.29 is 0 Å². The predicted octanol–water partition coefficient (Wildman–Crippen LogP) is 11.0. The first-order valence-corrected chi connectivity index (χ1v) is 14.0. The van der Waals surface area contributed by atoms with E-state index in [1.165, 1.54) is 80.2 Å². The average Bonchev–Trinajstić information content (AvgIpc) is 3.45. The van der Waals surface area contributed by atoms with Crippen LogP contribution in [0.3, 0.4) is 0 Å². The van der Waals surface area contributed by atoms with Crippen LogP contribution in [-0.4, -0.2) is 0 Å². The summed E-state index contributed by atoms with van der Waals surface area (Å²) in [5.41, 5.74) is 0. The third-order valence-electron chi connectivity index (χ3n) is 7.18. The number of hydrogen-bond acceptors (Lipinski definition) is 2. The van der Waals surface area contributed by atoms with Crippen molar-refractivity contribution in [3.8, 4) is 0 Å². The molecule has 0 nitrogen and oxygen atoms in total. The Morgan fingerprint density at radius 2 is 0.938 bits per heavy atom. The minimum absolute atomic E-state index is 0.654. The van der Waals surface area contributed by atoms with Gasteiger partial charge < -0.3 is 0 Å². The van der Waals surface area contributed by atoms with Crippen LogP contribution >= 0.6 is 22.7 Å². The fourth-order valence-electron chi connectivity index (χ4n) is 5.09. The van der Waals surface area contributed by atoms with E-state index >= 15 is 0 Å². The van der Waals surface area contributed by atoms with Crippen molar-refractivity contribution in [3.05, 3.63) is 58.3 Å². The lowest BCUT2D eigenvalue weighted by Crippen LogP contribution is -1.89.